The molecule has 1 aliphatic carbocycles. The third kappa shape index (κ3) is 5.22. The summed E-state index contributed by atoms with van der Waals surface area (Å²) in [5, 5.41) is 25.6. The highest BCUT2D eigenvalue weighted by molar-refractivity contribution is 5.84. The van der Waals surface area contributed by atoms with Crippen LogP contribution < -0.4 is 19.4 Å². The molecule has 1 amide bonds. The van der Waals surface area contributed by atoms with Crippen molar-refractivity contribution in [2.75, 3.05) is 25.1 Å². The maximum atomic E-state index is 13.3. The van der Waals surface area contributed by atoms with Gasteiger partial charge in [0.2, 0.25) is 11.6 Å². The second kappa shape index (κ2) is 9.60. The van der Waals surface area contributed by atoms with Crippen molar-refractivity contribution in [1.29, 1.82) is 0 Å². The lowest BCUT2D eigenvalue weighted by atomic mass is 10.2. The molecule has 10 heteroatoms. The minimum absolute atomic E-state index is 0.0152. The van der Waals surface area contributed by atoms with Crippen LogP contribution in [-0.4, -0.2) is 53.4 Å². The average molecular weight is 452 g/mol. The second-order valence-corrected chi connectivity index (χ2v) is 7.76. The van der Waals surface area contributed by atoms with Gasteiger partial charge in [0.05, 0.1) is 18.9 Å². The van der Waals surface area contributed by atoms with Gasteiger partial charge in [-0.15, -0.1) is 0 Å². The Labute approximate surface area is 190 Å². The van der Waals surface area contributed by atoms with E-state index in [4.69, 9.17) is 9.26 Å². The van der Waals surface area contributed by atoms with Crippen LogP contribution in [0, 0.1) is 0 Å². The molecule has 1 saturated carbocycles. The zero-order chi connectivity index (χ0) is 23.4. The molecule has 33 heavy (non-hydrogen) atoms. The summed E-state index contributed by atoms with van der Waals surface area (Å²) in [5.41, 5.74) is 1.46. The Morgan fingerprint density at radius 1 is 1.15 bits per heavy atom. The van der Waals surface area contributed by atoms with E-state index in [-0.39, 0.29) is 37.3 Å². The van der Waals surface area contributed by atoms with E-state index in [0.29, 0.717) is 17.1 Å². The Bertz CT molecular complexity index is 1110. The Balaban J connectivity index is 1.56. The van der Waals surface area contributed by atoms with E-state index in [1.807, 2.05) is 18.2 Å². The Morgan fingerprint density at radius 2 is 1.85 bits per heavy atom. The van der Waals surface area contributed by atoms with Crippen LogP contribution in [0.5, 0.6) is 11.7 Å². The highest BCUT2D eigenvalue weighted by Gasteiger charge is 2.36. The van der Waals surface area contributed by atoms with Gasteiger partial charge >= 0.3 is 5.97 Å². The van der Waals surface area contributed by atoms with Crippen LogP contribution in [0.1, 0.15) is 18.5 Å². The number of aromatic nitrogens is 2. The number of nitrogens with zero attached hydrogens (tertiary/aromatic N) is 4. The molecule has 10 nitrogen and oxygen atoms in total. The van der Waals surface area contributed by atoms with Gasteiger partial charge < -0.3 is 29.3 Å². The minimum atomic E-state index is -1.06. The van der Waals surface area contributed by atoms with Crippen LogP contribution in [0.15, 0.2) is 59.1 Å². The number of ether oxygens (including phenoxy) is 1. The normalized spacial score (nSPS) is 12.9. The molecule has 1 aromatic heterocycles. The SMILES string of the molecule is COc1ccc(N(CC(=O)O)CC(=O)N(Cc2c([O-])on[n+]2-c2ccccc2)C2CC2)cc1. The van der Waals surface area contributed by atoms with Crippen LogP contribution in [0.2, 0.25) is 0 Å². The van der Waals surface area contributed by atoms with Crippen molar-refractivity contribution in [3.8, 4) is 17.4 Å². The third-order valence-electron chi connectivity index (χ3n) is 5.42. The van der Waals surface area contributed by atoms with Gasteiger partial charge in [-0.3, -0.25) is 9.59 Å². The molecular formula is C23H24N4O6. The molecule has 1 heterocycles. The van der Waals surface area contributed by atoms with E-state index in [0.717, 1.165) is 12.8 Å². The summed E-state index contributed by atoms with van der Waals surface area (Å²) in [6.07, 6.45) is 1.63. The van der Waals surface area contributed by atoms with Gasteiger partial charge in [-0.05, 0) is 41.8 Å². The average Bonchev–Trinajstić information content (AvgIpc) is 3.59. The smallest absolute Gasteiger partial charge is 0.323 e. The minimum Gasteiger partial charge on any atom is -0.539 e. The molecule has 1 aliphatic rings. The van der Waals surface area contributed by atoms with Gasteiger partial charge in [0.15, 0.2) is 5.95 Å². The van der Waals surface area contributed by atoms with Crippen molar-refractivity contribution in [2.45, 2.75) is 25.4 Å². The fraction of sp³-hybridized carbons (Fsp3) is 0.304. The molecule has 4 rings (SSSR count). The second-order valence-electron chi connectivity index (χ2n) is 7.76. The van der Waals surface area contributed by atoms with E-state index in [1.165, 1.54) is 16.7 Å². The molecule has 0 spiro atoms. The number of carbonyl (C=O) groups is 2. The van der Waals surface area contributed by atoms with Crippen molar-refractivity contribution >= 4 is 17.6 Å². The van der Waals surface area contributed by atoms with Crippen LogP contribution in [0.3, 0.4) is 0 Å². The number of rotatable bonds is 10. The zero-order valence-corrected chi connectivity index (χ0v) is 18.1. The fourth-order valence-corrected chi connectivity index (χ4v) is 3.59. The van der Waals surface area contributed by atoms with Gasteiger partial charge in [-0.1, -0.05) is 18.2 Å². The number of benzene rings is 2. The van der Waals surface area contributed by atoms with Crippen LogP contribution in [0.25, 0.3) is 5.69 Å². The summed E-state index contributed by atoms with van der Waals surface area (Å²) in [7, 11) is 1.54. The van der Waals surface area contributed by atoms with Gasteiger partial charge in [-0.2, -0.15) is 0 Å². The number of amides is 1. The third-order valence-corrected chi connectivity index (χ3v) is 5.42. The van der Waals surface area contributed by atoms with Crippen molar-refractivity contribution in [1.82, 2.24) is 10.2 Å². The number of methoxy groups -OCH3 is 1. The predicted molar refractivity (Wildman–Crippen MR) is 114 cm³/mol. The molecule has 0 radical (unpaired) electrons. The van der Waals surface area contributed by atoms with E-state index in [2.05, 4.69) is 5.27 Å². The van der Waals surface area contributed by atoms with Gasteiger partial charge in [0, 0.05) is 23.9 Å². The number of carboxylic acids is 1. The van der Waals surface area contributed by atoms with Crippen molar-refractivity contribution in [3.63, 3.8) is 0 Å². The molecule has 0 bridgehead atoms. The molecule has 172 valence electrons. The number of aliphatic carboxylic acids is 1. The molecular weight excluding hydrogens is 428 g/mol. The number of carbonyl (C=O) groups excluding carboxylic acids is 1. The first-order valence-corrected chi connectivity index (χ1v) is 10.5. The lowest BCUT2D eigenvalue weighted by Crippen LogP contribution is -2.46. The number of carboxylic acid groups (broad SMARTS) is 1. The van der Waals surface area contributed by atoms with Gasteiger partial charge in [0.25, 0.3) is 5.69 Å². The van der Waals surface area contributed by atoms with Gasteiger partial charge in [0.1, 0.15) is 18.8 Å². The van der Waals surface area contributed by atoms with Crippen molar-refractivity contribution in [2.24, 2.45) is 0 Å². The summed E-state index contributed by atoms with van der Waals surface area (Å²) >= 11 is 0. The Hall–Kier alpha value is -4.08. The maximum absolute atomic E-state index is 13.3. The predicted octanol–water partition coefficient (Wildman–Crippen LogP) is 1.12. The Kier molecular flexibility index (Phi) is 6.43. The quantitative estimate of drug-likeness (QED) is 0.454. The zero-order valence-electron chi connectivity index (χ0n) is 18.1. The van der Waals surface area contributed by atoms with E-state index < -0.39 is 11.9 Å². The van der Waals surface area contributed by atoms with E-state index in [1.54, 1.807) is 41.3 Å². The first-order valence-electron chi connectivity index (χ1n) is 10.5. The molecule has 3 aromatic rings. The van der Waals surface area contributed by atoms with E-state index >= 15 is 0 Å². The number of hydrogen-bond acceptors (Lipinski definition) is 7. The summed E-state index contributed by atoms with van der Waals surface area (Å²) in [5.74, 6) is -1.33. The fourth-order valence-electron chi connectivity index (χ4n) is 3.59. The van der Waals surface area contributed by atoms with Crippen molar-refractivity contribution in [3.05, 3.63) is 60.3 Å². The molecule has 0 unspecified atom stereocenters. The number of anilines is 1. The first-order chi connectivity index (χ1) is 16.0. The standard InChI is InChI=1S/C23H24N4O6/c1-32-19-11-9-16(10-12-19)25(15-22(29)30)14-21(28)26(17-7-8-17)13-20-23(31)33-24-27(20)18-5-3-2-4-6-18/h2-6,9-12,17H,7-8,13-15H2,1H3,(H-,24,29,30,31). The Morgan fingerprint density at radius 3 is 2.45 bits per heavy atom. The molecule has 2 aromatic carbocycles. The van der Waals surface area contributed by atoms with Crippen LogP contribution in [0.4, 0.5) is 5.69 Å². The summed E-state index contributed by atoms with van der Waals surface area (Å²) in [6.45, 7) is -0.481. The lowest BCUT2D eigenvalue weighted by molar-refractivity contribution is -0.678. The van der Waals surface area contributed by atoms with E-state index in [9.17, 15) is 19.8 Å². The summed E-state index contributed by atoms with van der Waals surface area (Å²) in [6, 6.07) is 15.8. The highest BCUT2D eigenvalue weighted by atomic mass is 16.6. The monoisotopic (exact) mass is 452 g/mol. The first kappa shape index (κ1) is 22.1. The molecule has 0 aliphatic heterocycles. The summed E-state index contributed by atoms with van der Waals surface area (Å²) < 4.78 is 11.4. The number of hydrogen-bond donors (Lipinski definition) is 1. The summed E-state index contributed by atoms with van der Waals surface area (Å²) in [4.78, 5) is 27.8. The molecule has 1 fully saturated rings. The highest BCUT2D eigenvalue weighted by Crippen LogP contribution is 2.30. The largest absolute Gasteiger partial charge is 0.539 e. The van der Waals surface area contributed by atoms with Crippen LogP contribution >= 0.6 is 0 Å². The lowest BCUT2D eigenvalue weighted by Gasteiger charge is -2.27. The molecule has 1 N–H and O–H groups in total. The maximum Gasteiger partial charge on any atom is 0.323 e. The molecule has 0 saturated heterocycles. The van der Waals surface area contributed by atoms with Gasteiger partial charge in [-0.25, -0.2) is 0 Å². The number of para-hydroxylation sites is 1. The topological polar surface area (TPSA) is 123 Å². The molecule has 0 atom stereocenters. The van der Waals surface area contributed by atoms with Crippen molar-refractivity contribution < 1.29 is 33.7 Å². The van der Waals surface area contributed by atoms with Crippen LogP contribution in [-0.2, 0) is 16.1 Å².